The average Bonchev–Trinajstić information content (AvgIpc) is 2.77. The molecule has 0 radical (unpaired) electrons. The highest BCUT2D eigenvalue weighted by molar-refractivity contribution is 7.80. The first kappa shape index (κ1) is 18.5. The fraction of sp³-hybridized carbons (Fsp3) is 0.0769. The third-order valence-corrected chi connectivity index (χ3v) is 7.25. The molecule has 0 aliphatic heterocycles. The van der Waals surface area contributed by atoms with E-state index < -0.39 is 7.92 Å². The fourth-order valence-corrected chi connectivity index (χ4v) is 5.81. The summed E-state index contributed by atoms with van der Waals surface area (Å²) in [6.45, 7) is 0.924. The maximum absolute atomic E-state index is 3.70. The summed E-state index contributed by atoms with van der Waals surface area (Å²) in [6.07, 6.45) is 1.02. The van der Waals surface area contributed by atoms with E-state index in [1.165, 1.54) is 27.2 Å². The van der Waals surface area contributed by atoms with Crippen LogP contribution in [0.5, 0.6) is 0 Å². The number of hydrogen-bond acceptors (Lipinski definition) is 1. The third-order valence-electron chi connectivity index (χ3n) is 4.75. The van der Waals surface area contributed by atoms with Crippen LogP contribution in [0.25, 0.3) is 0 Å². The van der Waals surface area contributed by atoms with E-state index in [1.54, 1.807) is 0 Å². The smallest absolute Gasteiger partial charge is 0.0425 e. The average molecular weight is 381 g/mol. The van der Waals surface area contributed by atoms with E-state index >= 15 is 0 Å². The molecule has 0 atom stereocenters. The number of para-hydroxylation sites is 1. The van der Waals surface area contributed by atoms with Crippen LogP contribution in [0.15, 0.2) is 115 Å². The number of nitrogens with one attached hydrogen (secondary N) is 1. The minimum atomic E-state index is -0.600. The second kappa shape index (κ2) is 9.35. The summed E-state index contributed by atoms with van der Waals surface area (Å²) in [5, 5.41) is 7.83. The summed E-state index contributed by atoms with van der Waals surface area (Å²) >= 11 is 0. The van der Waals surface area contributed by atoms with Crippen LogP contribution in [-0.2, 0) is 6.42 Å². The zero-order valence-corrected chi connectivity index (χ0v) is 16.7. The van der Waals surface area contributed by atoms with Crippen molar-refractivity contribution in [3.8, 4) is 0 Å². The van der Waals surface area contributed by atoms with Gasteiger partial charge in [-0.15, -0.1) is 0 Å². The first-order valence-electron chi connectivity index (χ1n) is 9.69. The van der Waals surface area contributed by atoms with Crippen LogP contribution >= 0.6 is 7.92 Å². The normalized spacial score (nSPS) is 10.8. The van der Waals surface area contributed by atoms with Crippen LogP contribution in [-0.4, -0.2) is 6.54 Å². The van der Waals surface area contributed by atoms with Crippen LogP contribution in [0.1, 0.15) is 5.56 Å². The van der Waals surface area contributed by atoms with Gasteiger partial charge in [0, 0.05) is 17.5 Å². The van der Waals surface area contributed by atoms with Gasteiger partial charge in [-0.1, -0.05) is 109 Å². The summed E-state index contributed by atoms with van der Waals surface area (Å²) in [6, 6.07) is 41.1. The third kappa shape index (κ3) is 4.50. The predicted molar refractivity (Wildman–Crippen MR) is 124 cm³/mol. The van der Waals surface area contributed by atoms with E-state index in [2.05, 4.69) is 121 Å². The lowest BCUT2D eigenvalue weighted by Gasteiger charge is -2.22. The first-order chi connectivity index (χ1) is 13.9. The predicted octanol–water partition coefficient (Wildman–Crippen LogP) is 5.10. The second-order valence-electron chi connectivity index (χ2n) is 6.69. The quantitative estimate of drug-likeness (QED) is 0.439. The zero-order chi connectivity index (χ0) is 19.0. The van der Waals surface area contributed by atoms with Crippen molar-refractivity contribution in [2.45, 2.75) is 6.42 Å². The first-order valence-corrected chi connectivity index (χ1v) is 11.0. The molecule has 4 rings (SSSR count). The lowest BCUT2D eigenvalue weighted by atomic mass is 10.1. The minimum Gasteiger partial charge on any atom is -0.384 e. The van der Waals surface area contributed by atoms with Gasteiger partial charge in [0.25, 0.3) is 0 Å². The molecule has 0 bridgehead atoms. The minimum absolute atomic E-state index is 0.600. The maximum atomic E-state index is 3.70. The van der Waals surface area contributed by atoms with E-state index in [4.69, 9.17) is 0 Å². The van der Waals surface area contributed by atoms with E-state index in [0.717, 1.165) is 13.0 Å². The standard InChI is InChI=1S/C26H24NP/c1-4-12-22(13-5-1)20-21-27-25-18-10-11-19-26(25)28(23-14-6-2-7-15-23)24-16-8-3-9-17-24/h1-19,27H,20-21H2. The van der Waals surface area contributed by atoms with E-state index in [1.807, 2.05) is 0 Å². The Labute approximate surface area is 168 Å². The molecule has 0 aromatic heterocycles. The molecule has 0 amide bonds. The summed E-state index contributed by atoms with van der Waals surface area (Å²) in [4.78, 5) is 0. The number of rotatable bonds is 7. The Kier molecular flexibility index (Phi) is 6.17. The van der Waals surface area contributed by atoms with Crippen LogP contribution in [0.4, 0.5) is 5.69 Å². The highest BCUT2D eigenvalue weighted by Crippen LogP contribution is 2.35. The second-order valence-corrected chi connectivity index (χ2v) is 8.87. The number of hydrogen-bond donors (Lipinski definition) is 1. The molecule has 0 aliphatic carbocycles. The van der Waals surface area contributed by atoms with Crippen LogP contribution in [0.2, 0.25) is 0 Å². The van der Waals surface area contributed by atoms with Gasteiger partial charge < -0.3 is 5.32 Å². The molecule has 0 saturated heterocycles. The molecule has 1 nitrogen and oxygen atoms in total. The molecule has 0 spiro atoms. The van der Waals surface area contributed by atoms with Crippen molar-refractivity contribution in [1.29, 1.82) is 0 Å². The van der Waals surface area contributed by atoms with Gasteiger partial charge >= 0.3 is 0 Å². The van der Waals surface area contributed by atoms with Gasteiger partial charge in [-0.2, -0.15) is 0 Å². The summed E-state index contributed by atoms with van der Waals surface area (Å²) in [5.41, 5.74) is 2.60. The Hall–Kier alpha value is -2.89. The molecule has 0 aliphatic rings. The molecular formula is C26H24NP. The highest BCUT2D eigenvalue weighted by atomic mass is 31.1. The number of benzene rings is 4. The van der Waals surface area contributed by atoms with Gasteiger partial charge in [0.05, 0.1) is 0 Å². The Balaban J connectivity index is 1.64. The molecular weight excluding hydrogens is 357 g/mol. The largest absolute Gasteiger partial charge is 0.384 e. The Morgan fingerprint density at radius 1 is 0.536 bits per heavy atom. The van der Waals surface area contributed by atoms with Crippen molar-refractivity contribution in [1.82, 2.24) is 0 Å². The Morgan fingerprint density at radius 2 is 1.04 bits per heavy atom. The molecule has 0 unspecified atom stereocenters. The lowest BCUT2D eigenvalue weighted by Crippen LogP contribution is -2.23. The van der Waals surface area contributed by atoms with E-state index in [-0.39, 0.29) is 0 Å². The van der Waals surface area contributed by atoms with Crippen molar-refractivity contribution in [3.63, 3.8) is 0 Å². The van der Waals surface area contributed by atoms with Crippen molar-refractivity contribution >= 4 is 29.5 Å². The fourth-order valence-electron chi connectivity index (χ4n) is 3.39. The van der Waals surface area contributed by atoms with Crippen molar-refractivity contribution < 1.29 is 0 Å². The van der Waals surface area contributed by atoms with Gasteiger partial charge in [0.2, 0.25) is 0 Å². The van der Waals surface area contributed by atoms with Crippen LogP contribution < -0.4 is 21.2 Å². The van der Waals surface area contributed by atoms with Gasteiger partial charge in [-0.3, -0.25) is 0 Å². The Bertz CT molecular complexity index is 945. The summed E-state index contributed by atoms with van der Waals surface area (Å²) < 4.78 is 0. The molecule has 0 saturated carbocycles. The van der Waals surface area contributed by atoms with Crippen LogP contribution in [0.3, 0.4) is 0 Å². The lowest BCUT2D eigenvalue weighted by molar-refractivity contribution is 1.02. The topological polar surface area (TPSA) is 12.0 Å². The van der Waals surface area contributed by atoms with E-state index in [0.29, 0.717) is 0 Å². The number of anilines is 1. The summed E-state index contributed by atoms with van der Waals surface area (Å²) in [7, 11) is -0.600. The highest BCUT2D eigenvalue weighted by Gasteiger charge is 2.18. The zero-order valence-electron chi connectivity index (χ0n) is 15.8. The van der Waals surface area contributed by atoms with Crippen LogP contribution in [0, 0.1) is 0 Å². The Morgan fingerprint density at radius 3 is 1.64 bits per heavy atom. The molecule has 138 valence electrons. The summed E-state index contributed by atoms with van der Waals surface area (Å²) in [5.74, 6) is 0. The molecule has 0 fully saturated rings. The van der Waals surface area contributed by atoms with Gasteiger partial charge in [-0.25, -0.2) is 0 Å². The molecule has 0 heterocycles. The maximum Gasteiger partial charge on any atom is 0.0425 e. The van der Waals surface area contributed by atoms with Crippen molar-refractivity contribution in [2.75, 3.05) is 11.9 Å². The molecule has 28 heavy (non-hydrogen) atoms. The van der Waals surface area contributed by atoms with Gasteiger partial charge in [0.1, 0.15) is 0 Å². The molecule has 2 heteroatoms. The SMILES string of the molecule is c1ccc(CCNc2ccccc2P(c2ccccc2)c2ccccc2)cc1. The van der Waals surface area contributed by atoms with Crippen molar-refractivity contribution in [2.24, 2.45) is 0 Å². The van der Waals surface area contributed by atoms with Gasteiger partial charge in [0.15, 0.2) is 0 Å². The molecule has 4 aromatic carbocycles. The van der Waals surface area contributed by atoms with E-state index in [9.17, 15) is 0 Å². The monoisotopic (exact) mass is 381 g/mol. The molecule has 4 aromatic rings. The molecule has 1 N–H and O–H groups in total. The van der Waals surface area contributed by atoms with Crippen molar-refractivity contribution in [3.05, 3.63) is 121 Å². The van der Waals surface area contributed by atoms with Gasteiger partial charge in [-0.05, 0) is 36.6 Å².